The smallest absolute Gasteiger partial charge is 0.265 e. The summed E-state index contributed by atoms with van der Waals surface area (Å²) >= 11 is 0. The molecule has 0 radical (unpaired) electrons. The molecule has 4 aromatic rings. The molecule has 0 aliphatic heterocycles. The molecule has 126 valence electrons. The lowest BCUT2D eigenvalue weighted by atomic mass is 10.2. The second-order valence-corrected chi connectivity index (χ2v) is 5.60. The SMILES string of the molecule is COc1ccc2nc(Cn3cnc4cccc(OC)c4c3=O)[nH]c2c1. The lowest BCUT2D eigenvalue weighted by molar-refractivity contribution is 0.415. The average Bonchev–Trinajstić information content (AvgIpc) is 3.04. The maximum Gasteiger partial charge on any atom is 0.265 e. The number of nitrogens with one attached hydrogen (secondary N) is 1. The highest BCUT2D eigenvalue weighted by Crippen LogP contribution is 2.21. The van der Waals surface area contributed by atoms with Gasteiger partial charge >= 0.3 is 0 Å². The highest BCUT2D eigenvalue weighted by molar-refractivity contribution is 5.84. The van der Waals surface area contributed by atoms with Crippen molar-refractivity contribution in [2.45, 2.75) is 6.54 Å². The zero-order chi connectivity index (χ0) is 17.4. The molecule has 4 rings (SSSR count). The quantitative estimate of drug-likeness (QED) is 0.618. The Morgan fingerprint density at radius 1 is 1.12 bits per heavy atom. The number of ether oxygens (including phenoxy) is 2. The van der Waals surface area contributed by atoms with E-state index in [1.165, 1.54) is 18.0 Å². The maximum atomic E-state index is 12.8. The number of aromatic nitrogens is 4. The first-order chi connectivity index (χ1) is 12.2. The van der Waals surface area contributed by atoms with Gasteiger partial charge in [-0.3, -0.25) is 9.36 Å². The van der Waals surface area contributed by atoms with Gasteiger partial charge in [-0.05, 0) is 24.3 Å². The van der Waals surface area contributed by atoms with E-state index >= 15 is 0 Å². The van der Waals surface area contributed by atoms with Crippen LogP contribution in [0.5, 0.6) is 11.5 Å². The van der Waals surface area contributed by atoms with Crippen molar-refractivity contribution in [1.82, 2.24) is 19.5 Å². The number of hydrogen-bond donors (Lipinski definition) is 1. The number of rotatable bonds is 4. The van der Waals surface area contributed by atoms with Crippen LogP contribution >= 0.6 is 0 Å². The molecule has 7 nitrogen and oxygen atoms in total. The predicted octanol–water partition coefficient (Wildman–Crippen LogP) is 2.34. The molecule has 0 fully saturated rings. The van der Waals surface area contributed by atoms with Crippen molar-refractivity contribution in [3.8, 4) is 11.5 Å². The number of hydrogen-bond acceptors (Lipinski definition) is 5. The van der Waals surface area contributed by atoms with Crippen molar-refractivity contribution in [2.75, 3.05) is 14.2 Å². The van der Waals surface area contributed by atoms with Gasteiger partial charge in [0.1, 0.15) is 22.7 Å². The molecule has 0 atom stereocenters. The highest BCUT2D eigenvalue weighted by Gasteiger charge is 2.11. The Labute approximate surface area is 142 Å². The largest absolute Gasteiger partial charge is 0.497 e. The van der Waals surface area contributed by atoms with Crippen LogP contribution in [0.3, 0.4) is 0 Å². The fourth-order valence-electron chi connectivity index (χ4n) is 2.86. The molecule has 0 spiro atoms. The molecule has 25 heavy (non-hydrogen) atoms. The molecule has 0 saturated heterocycles. The molecule has 2 aromatic carbocycles. The molecule has 7 heteroatoms. The van der Waals surface area contributed by atoms with Gasteiger partial charge in [0.15, 0.2) is 0 Å². The Hall–Kier alpha value is -3.35. The van der Waals surface area contributed by atoms with Crippen LogP contribution in [-0.4, -0.2) is 33.7 Å². The summed E-state index contributed by atoms with van der Waals surface area (Å²) in [7, 11) is 3.16. The molecular formula is C18H16N4O3. The van der Waals surface area contributed by atoms with Gasteiger partial charge in [-0.2, -0.15) is 0 Å². The minimum atomic E-state index is -0.166. The summed E-state index contributed by atoms with van der Waals surface area (Å²) in [4.78, 5) is 24.9. The fraction of sp³-hybridized carbons (Fsp3) is 0.167. The number of fused-ring (bicyclic) bond motifs is 2. The average molecular weight is 336 g/mol. The fourth-order valence-corrected chi connectivity index (χ4v) is 2.86. The second kappa shape index (κ2) is 5.94. The van der Waals surface area contributed by atoms with Crippen LogP contribution in [0.4, 0.5) is 0 Å². The Kier molecular flexibility index (Phi) is 3.61. The lowest BCUT2D eigenvalue weighted by Gasteiger charge is -2.07. The molecule has 0 saturated carbocycles. The highest BCUT2D eigenvalue weighted by atomic mass is 16.5. The topological polar surface area (TPSA) is 82.0 Å². The zero-order valence-electron chi connectivity index (χ0n) is 13.8. The first-order valence-electron chi connectivity index (χ1n) is 7.74. The Balaban J connectivity index is 1.78. The van der Waals surface area contributed by atoms with E-state index < -0.39 is 0 Å². The summed E-state index contributed by atoms with van der Waals surface area (Å²) in [6, 6.07) is 10.9. The number of imidazole rings is 1. The maximum absolute atomic E-state index is 12.8. The minimum absolute atomic E-state index is 0.166. The molecule has 0 unspecified atom stereocenters. The van der Waals surface area contributed by atoms with Crippen molar-refractivity contribution < 1.29 is 9.47 Å². The molecular weight excluding hydrogens is 320 g/mol. The van der Waals surface area contributed by atoms with Crippen molar-refractivity contribution >= 4 is 21.9 Å². The van der Waals surface area contributed by atoms with Crippen LogP contribution in [0.2, 0.25) is 0 Å². The number of benzene rings is 2. The van der Waals surface area contributed by atoms with E-state index in [1.54, 1.807) is 19.2 Å². The van der Waals surface area contributed by atoms with Gasteiger partial charge in [0, 0.05) is 6.07 Å². The molecule has 1 N–H and O–H groups in total. The molecule has 0 amide bonds. The lowest BCUT2D eigenvalue weighted by Crippen LogP contribution is -2.22. The van der Waals surface area contributed by atoms with Crippen LogP contribution in [0.1, 0.15) is 5.82 Å². The van der Waals surface area contributed by atoms with Crippen molar-refractivity contribution in [2.24, 2.45) is 0 Å². The molecule has 0 bridgehead atoms. The van der Waals surface area contributed by atoms with Gasteiger partial charge in [-0.25, -0.2) is 9.97 Å². The van der Waals surface area contributed by atoms with E-state index in [0.29, 0.717) is 22.5 Å². The van der Waals surface area contributed by atoms with Crippen molar-refractivity contribution in [3.63, 3.8) is 0 Å². The minimum Gasteiger partial charge on any atom is -0.497 e. The summed E-state index contributed by atoms with van der Waals surface area (Å²) in [6.07, 6.45) is 1.53. The van der Waals surface area contributed by atoms with E-state index in [9.17, 15) is 4.79 Å². The third-order valence-electron chi connectivity index (χ3n) is 4.09. The third-order valence-corrected chi connectivity index (χ3v) is 4.09. The molecule has 0 aliphatic carbocycles. The molecule has 0 aliphatic rings. The van der Waals surface area contributed by atoms with Gasteiger partial charge in [-0.1, -0.05) is 6.07 Å². The first-order valence-corrected chi connectivity index (χ1v) is 7.74. The number of H-pyrrole nitrogens is 1. The molecule has 2 heterocycles. The Morgan fingerprint density at radius 3 is 2.80 bits per heavy atom. The number of nitrogens with zero attached hydrogens (tertiary/aromatic N) is 3. The van der Waals surface area contributed by atoms with E-state index in [0.717, 1.165) is 16.8 Å². The van der Waals surface area contributed by atoms with Gasteiger partial charge in [0.05, 0.1) is 43.6 Å². The monoisotopic (exact) mass is 336 g/mol. The Bertz CT molecular complexity index is 1130. The number of aromatic amines is 1. The van der Waals surface area contributed by atoms with Crippen LogP contribution in [0.25, 0.3) is 21.9 Å². The van der Waals surface area contributed by atoms with Gasteiger partial charge in [0.2, 0.25) is 0 Å². The van der Waals surface area contributed by atoms with Crippen molar-refractivity contribution in [1.29, 1.82) is 0 Å². The van der Waals surface area contributed by atoms with Gasteiger partial charge in [-0.15, -0.1) is 0 Å². The summed E-state index contributed by atoms with van der Waals surface area (Å²) < 4.78 is 12.0. The van der Waals surface area contributed by atoms with Gasteiger partial charge in [0.25, 0.3) is 5.56 Å². The summed E-state index contributed by atoms with van der Waals surface area (Å²) in [5, 5.41) is 0.463. The van der Waals surface area contributed by atoms with Crippen LogP contribution in [-0.2, 0) is 6.54 Å². The van der Waals surface area contributed by atoms with E-state index in [2.05, 4.69) is 15.0 Å². The standard InChI is InChI=1S/C18H16N4O3/c1-24-11-6-7-12-14(8-11)21-16(20-12)9-22-10-19-13-4-3-5-15(25-2)17(13)18(22)23/h3-8,10H,9H2,1-2H3,(H,20,21). The van der Waals surface area contributed by atoms with Crippen LogP contribution in [0, 0.1) is 0 Å². The number of methoxy groups -OCH3 is 2. The van der Waals surface area contributed by atoms with Crippen molar-refractivity contribution in [3.05, 3.63) is 58.9 Å². The Morgan fingerprint density at radius 2 is 2.00 bits per heavy atom. The van der Waals surface area contributed by atoms with E-state index in [-0.39, 0.29) is 12.1 Å². The molecule has 2 aromatic heterocycles. The van der Waals surface area contributed by atoms with Gasteiger partial charge < -0.3 is 14.5 Å². The summed E-state index contributed by atoms with van der Waals surface area (Å²) in [6.45, 7) is 0.289. The summed E-state index contributed by atoms with van der Waals surface area (Å²) in [5.74, 6) is 1.93. The van der Waals surface area contributed by atoms with E-state index in [4.69, 9.17) is 9.47 Å². The van der Waals surface area contributed by atoms with Crippen LogP contribution in [0.15, 0.2) is 47.5 Å². The second-order valence-electron chi connectivity index (χ2n) is 5.60. The van der Waals surface area contributed by atoms with Crippen LogP contribution < -0.4 is 15.0 Å². The zero-order valence-corrected chi connectivity index (χ0v) is 13.8. The summed E-state index contributed by atoms with van der Waals surface area (Å²) in [5.41, 5.74) is 2.11. The first kappa shape index (κ1) is 15.2. The van der Waals surface area contributed by atoms with E-state index in [1.807, 2.05) is 24.3 Å². The normalized spacial score (nSPS) is 11.1. The third kappa shape index (κ3) is 2.59. The predicted molar refractivity (Wildman–Crippen MR) is 94.3 cm³/mol.